The third-order valence-corrected chi connectivity index (χ3v) is 5.17. The van der Waals surface area contributed by atoms with Crippen molar-refractivity contribution in [2.24, 2.45) is 11.3 Å². The average Bonchev–Trinajstić information content (AvgIpc) is 2.67. The van der Waals surface area contributed by atoms with Gasteiger partial charge in [-0.15, -0.1) is 0 Å². The van der Waals surface area contributed by atoms with E-state index in [1.807, 2.05) is 0 Å². The van der Waals surface area contributed by atoms with Crippen molar-refractivity contribution in [2.75, 3.05) is 26.2 Å². The first kappa shape index (κ1) is 14.3. The molecule has 1 heterocycles. The molecule has 2 unspecified atom stereocenters. The fraction of sp³-hybridized carbons (Fsp3) is 1.00. The molecule has 1 saturated carbocycles. The van der Waals surface area contributed by atoms with E-state index in [0.29, 0.717) is 11.5 Å². The van der Waals surface area contributed by atoms with Gasteiger partial charge in [0.25, 0.3) is 0 Å². The monoisotopic (exact) mass is 252 g/mol. The molecular weight excluding hydrogens is 220 g/mol. The summed E-state index contributed by atoms with van der Waals surface area (Å²) in [6.07, 6.45) is 8.52. The molecule has 0 aromatic heterocycles. The van der Waals surface area contributed by atoms with Gasteiger partial charge in [0.05, 0.1) is 0 Å². The van der Waals surface area contributed by atoms with Crippen LogP contribution in [0.3, 0.4) is 0 Å². The average molecular weight is 252 g/mol. The van der Waals surface area contributed by atoms with E-state index >= 15 is 0 Å². The molecule has 1 saturated heterocycles. The van der Waals surface area contributed by atoms with Crippen molar-refractivity contribution >= 4 is 0 Å². The van der Waals surface area contributed by atoms with Crippen molar-refractivity contribution in [3.8, 4) is 0 Å². The van der Waals surface area contributed by atoms with Gasteiger partial charge in [-0.1, -0.05) is 26.7 Å². The maximum atomic E-state index is 3.79. The zero-order valence-corrected chi connectivity index (χ0v) is 12.7. The van der Waals surface area contributed by atoms with Gasteiger partial charge in [0, 0.05) is 12.6 Å². The highest BCUT2D eigenvalue weighted by Gasteiger charge is 2.34. The van der Waals surface area contributed by atoms with Crippen LogP contribution in [0.1, 0.15) is 59.3 Å². The summed E-state index contributed by atoms with van der Waals surface area (Å²) in [5.74, 6) is 0.890. The maximum Gasteiger partial charge on any atom is 0.0166 e. The minimum Gasteiger partial charge on any atom is -0.313 e. The van der Waals surface area contributed by atoms with E-state index in [1.165, 1.54) is 64.7 Å². The number of nitrogens with zero attached hydrogens (tertiary/aromatic N) is 1. The summed E-state index contributed by atoms with van der Waals surface area (Å²) in [5.41, 5.74) is 0.567. The smallest absolute Gasteiger partial charge is 0.0166 e. The number of hydrogen-bond acceptors (Lipinski definition) is 2. The lowest BCUT2D eigenvalue weighted by Gasteiger charge is -2.32. The number of likely N-dealkylation sites (tertiary alicyclic amines) is 1. The lowest BCUT2D eigenvalue weighted by molar-refractivity contribution is 0.196. The SMILES string of the molecule is CC(CN1CCCCC1)NCC1CCCC1(C)C. The van der Waals surface area contributed by atoms with Crippen LogP contribution < -0.4 is 5.32 Å². The van der Waals surface area contributed by atoms with Gasteiger partial charge in [-0.25, -0.2) is 0 Å². The second kappa shape index (κ2) is 6.38. The predicted octanol–water partition coefficient (Wildman–Crippen LogP) is 3.28. The maximum absolute atomic E-state index is 3.79. The van der Waals surface area contributed by atoms with Crippen molar-refractivity contribution in [1.29, 1.82) is 0 Å². The molecule has 106 valence electrons. The molecule has 2 aliphatic rings. The minimum absolute atomic E-state index is 0.567. The fourth-order valence-electron chi connectivity index (χ4n) is 3.71. The van der Waals surface area contributed by atoms with Crippen LogP contribution in [0.4, 0.5) is 0 Å². The van der Waals surface area contributed by atoms with Gasteiger partial charge in [0.2, 0.25) is 0 Å². The van der Waals surface area contributed by atoms with Gasteiger partial charge in [-0.05, 0) is 63.6 Å². The Morgan fingerprint density at radius 2 is 1.89 bits per heavy atom. The van der Waals surface area contributed by atoms with E-state index in [1.54, 1.807) is 0 Å². The molecule has 0 amide bonds. The quantitative estimate of drug-likeness (QED) is 0.808. The molecule has 2 nitrogen and oxygen atoms in total. The Bertz CT molecular complexity index is 243. The first-order chi connectivity index (χ1) is 8.58. The van der Waals surface area contributed by atoms with E-state index in [2.05, 4.69) is 31.0 Å². The Morgan fingerprint density at radius 3 is 2.50 bits per heavy atom. The highest BCUT2D eigenvalue weighted by Crippen LogP contribution is 2.42. The summed E-state index contributed by atoms with van der Waals surface area (Å²) in [6.45, 7) is 12.4. The molecule has 0 aromatic carbocycles. The minimum atomic E-state index is 0.567. The van der Waals surface area contributed by atoms with Crippen molar-refractivity contribution in [1.82, 2.24) is 10.2 Å². The topological polar surface area (TPSA) is 15.3 Å². The summed E-state index contributed by atoms with van der Waals surface area (Å²) in [7, 11) is 0. The molecular formula is C16H32N2. The van der Waals surface area contributed by atoms with Crippen LogP contribution in [0, 0.1) is 11.3 Å². The summed E-state index contributed by atoms with van der Waals surface area (Å²) < 4.78 is 0. The molecule has 1 aliphatic heterocycles. The van der Waals surface area contributed by atoms with Crippen molar-refractivity contribution in [3.63, 3.8) is 0 Å². The second-order valence-electron chi connectivity index (χ2n) is 7.25. The van der Waals surface area contributed by atoms with Gasteiger partial charge in [-0.3, -0.25) is 0 Å². The first-order valence-corrected chi connectivity index (χ1v) is 8.04. The van der Waals surface area contributed by atoms with E-state index < -0.39 is 0 Å². The fourth-order valence-corrected chi connectivity index (χ4v) is 3.71. The van der Waals surface area contributed by atoms with Crippen LogP contribution in [0.2, 0.25) is 0 Å². The Morgan fingerprint density at radius 1 is 1.17 bits per heavy atom. The normalized spacial score (nSPS) is 30.5. The molecule has 1 aliphatic carbocycles. The third-order valence-electron chi connectivity index (χ3n) is 5.17. The van der Waals surface area contributed by atoms with Crippen LogP contribution in [-0.2, 0) is 0 Å². The number of piperidine rings is 1. The Hall–Kier alpha value is -0.0800. The standard InChI is InChI=1S/C16H32N2/c1-14(13-18-10-5-4-6-11-18)17-12-15-8-7-9-16(15,2)3/h14-15,17H,4-13H2,1-3H3. The van der Waals surface area contributed by atoms with Crippen molar-refractivity contribution in [2.45, 2.75) is 65.3 Å². The van der Waals surface area contributed by atoms with Gasteiger partial charge in [0.15, 0.2) is 0 Å². The summed E-state index contributed by atoms with van der Waals surface area (Å²) in [5, 5.41) is 3.79. The van der Waals surface area contributed by atoms with Gasteiger partial charge in [0.1, 0.15) is 0 Å². The van der Waals surface area contributed by atoms with Crippen LogP contribution in [0.5, 0.6) is 0 Å². The van der Waals surface area contributed by atoms with E-state index in [4.69, 9.17) is 0 Å². The molecule has 0 spiro atoms. The molecule has 2 fully saturated rings. The number of hydrogen-bond donors (Lipinski definition) is 1. The largest absolute Gasteiger partial charge is 0.313 e. The van der Waals surface area contributed by atoms with E-state index in [-0.39, 0.29) is 0 Å². The van der Waals surface area contributed by atoms with Crippen LogP contribution >= 0.6 is 0 Å². The lowest BCUT2D eigenvalue weighted by atomic mass is 9.82. The van der Waals surface area contributed by atoms with Gasteiger partial charge in [-0.2, -0.15) is 0 Å². The first-order valence-electron chi connectivity index (χ1n) is 8.04. The second-order valence-corrected chi connectivity index (χ2v) is 7.25. The van der Waals surface area contributed by atoms with Gasteiger partial charge < -0.3 is 10.2 Å². The molecule has 18 heavy (non-hydrogen) atoms. The van der Waals surface area contributed by atoms with Crippen LogP contribution in [0.15, 0.2) is 0 Å². The number of rotatable bonds is 5. The summed E-state index contributed by atoms with van der Waals surface area (Å²) >= 11 is 0. The summed E-state index contributed by atoms with van der Waals surface area (Å²) in [4.78, 5) is 2.64. The van der Waals surface area contributed by atoms with Crippen molar-refractivity contribution in [3.05, 3.63) is 0 Å². The molecule has 0 radical (unpaired) electrons. The Balaban J connectivity index is 1.66. The Labute approximate surface area is 114 Å². The van der Waals surface area contributed by atoms with E-state index in [0.717, 1.165) is 5.92 Å². The van der Waals surface area contributed by atoms with E-state index in [9.17, 15) is 0 Å². The zero-order chi connectivity index (χ0) is 13.0. The third kappa shape index (κ3) is 3.96. The lowest BCUT2D eigenvalue weighted by Crippen LogP contribution is -2.43. The molecule has 2 heteroatoms. The number of nitrogens with one attached hydrogen (secondary N) is 1. The Kier molecular flexibility index (Phi) is 5.08. The summed E-state index contributed by atoms with van der Waals surface area (Å²) in [6, 6.07) is 0.652. The molecule has 2 atom stereocenters. The highest BCUT2D eigenvalue weighted by atomic mass is 15.1. The zero-order valence-electron chi connectivity index (χ0n) is 12.7. The van der Waals surface area contributed by atoms with Crippen molar-refractivity contribution < 1.29 is 0 Å². The molecule has 1 N–H and O–H groups in total. The molecule has 2 rings (SSSR count). The highest BCUT2D eigenvalue weighted by molar-refractivity contribution is 4.86. The van der Waals surface area contributed by atoms with Gasteiger partial charge >= 0.3 is 0 Å². The van der Waals surface area contributed by atoms with Crippen LogP contribution in [-0.4, -0.2) is 37.1 Å². The molecule has 0 bridgehead atoms. The molecule has 0 aromatic rings. The van der Waals surface area contributed by atoms with Crippen LogP contribution in [0.25, 0.3) is 0 Å². The predicted molar refractivity (Wildman–Crippen MR) is 78.9 cm³/mol.